The van der Waals surface area contributed by atoms with Crippen LogP contribution in [0.1, 0.15) is 38.6 Å². The Morgan fingerprint density at radius 2 is 2.09 bits per heavy atom. The normalized spacial score (nSPS) is 11.1. The molecule has 3 N–H and O–H groups in total. The van der Waals surface area contributed by atoms with Gasteiger partial charge < -0.3 is 19.9 Å². The molecule has 3 rings (SSSR count). The SMILES string of the molecule is Cc1coc(C)c1CNc1cc(C(N)=O)cn2c(C)c(C)nc12. The zero-order valence-corrected chi connectivity index (χ0v) is 13.7. The number of primary amides is 1. The monoisotopic (exact) mass is 312 g/mol. The number of rotatable bonds is 4. The second-order valence-corrected chi connectivity index (χ2v) is 5.79. The van der Waals surface area contributed by atoms with Gasteiger partial charge in [-0.3, -0.25) is 4.79 Å². The van der Waals surface area contributed by atoms with Gasteiger partial charge in [-0.1, -0.05) is 0 Å². The van der Waals surface area contributed by atoms with Crippen LogP contribution in [-0.4, -0.2) is 15.3 Å². The molecule has 3 aromatic rings. The average molecular weight is 312 g/mol. The average Bonchev–Trinajstić information content (AvgIpc) is 2.98. The van der Waals surface area contributed by atoms with Gasteiger partial charge in [-0.2, -0.15) is 0 Å². The van der Waals surface area contributed by atoms with Gasteiger partial charge in [-0.15, -0.1) is 0 Å². The first-order chi connectivity index (χ1) is 10.9. The predicted molar refractivity (Wildman–Crippen MR) is 88.7 cm³/mol. The number of nitrogens with two attached hydrogens (primary N) is 1. The Kier molecular flexibility index (Phi) is 3.60. The molecule has 23 heavy (non-hydrogen) atoms. The zero-order chi connectivity index (χ0) is 16.7. The molecule has 0 unspecified atom stereocenters. The molecule has 0 saturated heterocycles. The van der Waals surface area contributed by atoms with E-state index < -0.39 is 5.91 Å². The fourth-order valence-electron chi connectivity index (χ4n) is 2.68. The lowest BCUT2D eigenvalue weighted by molar-refractivity contribution is 0.1000. The van der Waals surface area contributed by atoms with Crippen LogP contribution in [0.15, 0.2) is 22.9 Å². The number of imidazole rings is 1. The Bertz CT molecular complexity index is 886. The number of pyridine rings is 1. The van der Waals surface area contributed by atoms with Gasteiger partial charge in [0.2, 0.25) is 5.91 Å². The van der Waals surface area contributed by atoms with Crippen LogP contribution in [0.5, 0.6) is 0 Å². The summed E-state index contributed by atoms with van der Waals surface area (Å²) in [7, 11) is 0. The molecule has 3 aromatic heterocycles. The van der Waals surface area contributed by atoms with E-state index in [0.717, 1.165) is 39.6 Å². The summed E-state index contributed by atoms with van der Waals surface area (Å²) in [6.45, 7) is 8.45. The van der Waals surface area contributed by atoms with Crippen molar-refractivity contribution in [2.24, 2.45) is 5.73 Å². The van der Waals surface area contributed by atoms with E-state index in [1.807, 2.05) is 32.1 Å². The van der Waals surface area contributed by atoms with E-state index in [0.29, 0.717) is 12.1 Å². The Labute approximate surface area is 134 Å². The molecule has 0 aliphatic carbocycles. The molecular weight excluding hydrogens is 292 g/mol. The van der Waals surface area contributed by atoms with Gasteiger partial charge in [-0.25, -0.2) is 4.98 Å². The van der Waals surface area contributed by atoms with E-state index in [4.69, 9.17) is 10.2 Å². The number of hydrogen-bond acceptors (Lipinski definition) is 4. The number of hydrogen-bond donors (Lipinski definition) is 2. The Hall–Kier alpha value is -2.76. The molecule has 0 aliphatic heterocycles. The van der Waals surface area contributed by atoms with Crippen molar-refractivity contribution in [3.05, 3.63) is 52.4 Å². The van der Waals surface area contributed by atoms with Crippen LogP contribution in [0.3, 0.4) is 0 Å². The molecule has 0 atom stereocenters. The van der Waals surface area contributed by atoms with Crippen LogP contribution in [0.25, 0.3) is 5.65 Å². The van der Waals surface area contributed by atoms with Crippen LogP contribution in [-0.2, 0) is 6.54 Å². The maximum atomic E-state index is 11.6. The smallest absolute Gasteiger partial charge is 0.250 e. The Morgan fingerprint density at radius 1 is 1.35 bits per heavy atom. The van der Waals surface area contributed by atoms with Gasteiger partial charge in [0.1, 0.15) is 5.76 Å². The molecule has 0 bridgehead atoms. The summed E-state index contributed by atoms with van der Waals surface area (Å²) in [5, 5.41) is 3.36. The number of fused-ring (bicyclic) bond motifs is 1. The molecule has 6 heteroatoms. The molecule has 0 aromatic carbocycles. The Morgan fingerprint density at radius 3 is 2.70 bits per heavy atom. The van der Waals surface area contributed by atoms with E-state index in [2.05, 4.69) is 10.3 Å². The van der Waals surface area contributed by atoms with E-state index >= 15 is 0 Å². The number of aromatic nitrogens is 2. The minimum absolute atomic E-state index is 0.445. The number of nitrogens with zero attached hydrogens (tertiary/aromatic N) is 2. The number of anilines is 1. The number of amides is 1. The van der Waals surface area contributed by atoms with Gasteiger partial charge in [0.15, 0.2) is 5.65 Å². The van der Waals surface area contributed by atoms with Crippen molar-refractivity contribution in [2.75, 3.05) is 5.32 Å². The third kappa shape index (κ3) is 2.56. The van der Waals surface area contributed by atoms with Crippen molar-refractivity contribution in [2.45, 2.75) is 34.2 Å². The van der Waals surface area contributed by atoms with Crippen LogP contribution in [0, 0.1) is 27.7 Å². The van der Waals surface area contributed by atoms with Crippen molar-refractivity contribution in [1.29, 1.82) is 0 Å². The van der Waals surface area contributed by atoms with Gasteiger partial charge in [0.25, 0.3) is 0 Å². The standard InChI is InChI=1S/C17H20N4O2/c1-9-8-23-12(4)14(9)6-19-15-5-13(16(18)22)7-21-11(3)10(2)20-17(15)21/h5,7-8,19H,6H2,1-4H3,(H2,18,22). The van der Waals surface area contributed by atoms with Crippen LogP contribution >= 0.6 is 0 Å². The molecule has 0 aliphatic rings. The Balaban J connectivity index is 2.05. The largest absolute Gasteiger partial charge is 0.469 e. The molecule has 0 saturated carbocycles. The summed E-state index contributed by atoms with van der Waals surface area (Å²) in [4.78, 5) is 16.2. The highest BCUT2D eigenvalue weighted by Crippen LogP contribution is 2.24. The second kappa shape index (κ2) is 5.46. The van der Waals surface area contributed by atoms with Gasteiger partial charge in [0.05, 0.1) is 23.2 Å². The second-order valence-electron chi connectivity index (χ2n) is 5.79. The van der Waals surface area contributed by atoms with Crippen molar-refractivity contribution in [3.8, 4) is 0 Å². The van der Waals surface area contributed by atoms with E-state index in [-0.39, 0.29) is 0 Å². The van der Waals surface area contributed by atoms with Gasteiger partial charge >= 0.3 is 0 Å². The van der Waals surface area contributed by atoms with Crippen LogP contribution in [0.2, 0.25) is 0 Å². The third-order valence-corrected chi connectivity index (χ3v) is 4.25. The molecule has 0 spiro atoms. The minimum atomic E-state index is -0.462. The topological polar surface area (TPSA) is 85.6 Å². The molecular formula is C17H20N4O2. The van der Waals surface area contributed by atoms with E-state index in [1.165, 1.54) is 0 Å². The van der Waals surface area contributed by atoms with E-state index in [9.17, 15) is 4.79 Å². The van der Waals surface area contributed by atoms with Crippen molar-refractivity contribution in [1.82, 2.24) is 9.38 Å². The maximum Gasteiger partial charge on any atom is 0.250 e. The molecule has 6 nitrogen and oxygen atoms in total. The molecule has 1 amide bonds. The first-order valence-electron chi connectivity index (χ1n) is 7.45. The molecule has 3 heterocycles. The number of carbonyl (C=O) groups excluding carboxylic acids is 1. The first-order valence-corrected chi connectivity index (χ1v) is 7.45. The summed E-state index contributed by atoms with van der Waals surface area (Å²) in [6, 6.07) is 1.74. The molecule has 120 valence electrons. The van der Waals surface area contributed by atoms with Gasteiger partial charge in [-0.05, 0) is 39.3 Å². The van der Waals surface area contributed by atoms with E-state index in [1.54, 1.807) is 18.5 Å². The predicted octanol–water partition coefficient (Wildman–Crippen LogP) is 2.87. The first kappa shape index (κ1) is 15.1. The highest BCUT2D eigenvalue weighted by molar-refractivity contribution is 5.94. The van der Waals surface area contributed by atoms with Crippen molar-refractivity contribution < 1.29 is 9.21 Å². The summed E-state index contributed by atoms with van der Waals surface area (Å²) in [5.74, 6) is 0.421. The number of nitrogens with one attached hydrogen (secondary N) is 1. The number of furan rings is 1. The zero-order valence-electron chi connectivity index (χ0n) is 13.7. The summed E-state index contributed by atoms with van der Waals surface area (Å²) >= 11 is 0. The molecule has 0 radical (unpaired) electrons. The lowest BCUT2D eigenvalue weighted by Gasteiger charge is -2.10. The quantitative estimate of drug-likeness (QED) is 0.775. The summed E-state index contributed by atoms with van der Waals surface area (Å²) < 4.78 is 7.32. The molecule has 0 fully saturated rings. The highest BCUT2D eigenvalue weighted by atomic mass is 16.3. The van der Waals surface area contributed by atoms with Crippen LogP contribution in [0.4, 0.5) is 5.69 Å². The number of carbonyl (C=O) groups is 1. The maximum absolute atomic E-state index is 11.6. The fourth-order valence-corrected chi connectivity index (χ4v) is 2.68. The lowest BCUT2D eigenvalue weighted by atomic mass is 10.1. The highest BCUT2D eigenvalue weighted by Gasteiger charge is 2.14. The summed E-state index contributed by atoms with van der Waals surface area (Å²) in [6.07, 6.45) is 3.47. The minimum Gasteiger partial charge on any atom is -0.469 e. The lowest BCUT2D eigenvalue weighted by Crippen LogP contribution is -2.13. The van der Waals surface area contributed by atoms with Gasteiger partial charge in [0, 0.05) is 24.0 Å². The fraction of sp³-hybridized carbons (Fsp3) is 0.294. The van der Waals surface area contributed by atoms with Crippen molar-refractivity contribution in [3.63, 3.8) is 0 Å². The number of aryl methyl sites for hydroxylation is 4. The van der Waals surface area contributed by atoms with Crippen molar-refractivity contribution >= 4 is 17.2 Å². The van der Waals surface area contributed by atoms with Crippen LogP contribution < -0.4 is 11.1 Å². The third-order valence-electron chi connectivity index (χ3n) is 4.25. The summed E-state index contributed by atoms with van der Waals surface area (Å²) in [5.41, 5.74) is 11.6.